The van der Waals surface area contributed by atoms with Gasteiger partial charge in [0.2, 0.25) is 5.91 Å². The van der Waals surface area contributed by atoms with Gasteiger partial charge in [-0.2, -0.15) is 0 Å². The van der Waals surface area contributed by atoms with Gasteiger partial charge in [-0.25, -0.2) is 0 Å². The molecule has 1 unspecified atom stereocenters. The molecule has 1 aliphatic heterocycles. The zero-order chi connectivity index (χ0) is 9.54. The first-order chi connectivity index (χ1) is 6.86. The molecule has 0 aromatic carbocycles. The van der Waals surface area contributed by atoms with Crippen LogP contribution in [0.1, 0.15) is 19.3 Å². The standard InChI is InChI=1S/C11H18N2O/c14-11(13-4-7-2-1-3-7)10-8-5-12-6-9(8)10/h7-10,12H,1-6H2,(H,13,14)/t8-,9+,10?. The van der Waals surface area contributed by atoms with E-state index in [4.69, 9.17) is 0 Å². The molecule has 2 N–H and O–H groups in total. The second-order valence-corrected chi connectivity index (χ2v) is 5.05. The molecule has 0 aromatic heterocycles. The van der Waals surface area contributed by atoms with E-state index in [-0.39, 0.29) is 0 Å². The van der Waals surface area contributed by atoms with Crippen molar-refractivity contribution in [2.75, 3.05) is 19.6 Å². The van der Waals surface area contributed by atoms with Gasteiger partial charge in [-0.05, 0) is 43.7 Å². The summed E-state index contributed by atoms with van der Waals surface area (Å²) in [6, 6.07) is 0. The highest BCUT2D eigenvalue weighted by atomic mass is 16.2. The molecule has 0 spiro atoms. The van der Waals surface area contributed by atoms with Crippen LogP contribution >= 0.6 is 0 Å². The van der Waals surface area contributed by atoms with E-state index < -0.39 is 0 Å². The molecule has 0 bridgehead atoms. The molecule has 1 amide bonds. The first-order valence-electron chi connectivity index (χ1n) is 5.84. The lowest BCUT2D eigenvalue weighted by atomic mass is 9.85. The van der Waals surface area contributed by atoms with Crippen molar-refractivity contribution in [3.8, 4) is 0 Å². The van der Waals surface area contributed by atoms with Crippen LogP contribution in [0.5, 0.6) is 0 Å². The van der Waals surface area contributed by atoms with E-state index in [9.17, 15) is 4.79 Å². The van der Waals surface area contributed by atoms with E-state index in [1.165, 1.54) is 19.3 Å². The van der Waals surface area contributed by atoms with Gasteiger partial charge in [0, 0.05) is 12.5 Å². The number of hydrogen-bond acceptors (Lipinski definition) is 2. The molecule has 3 atom stereocenters. The van der Waals surface area contributed by atoms with Gasteiger partial charge in [0.15, 0.2) is 0 Å². The second-order valence-electron chi connectivity index (χ2n) is 5.05. The molecule has 2 saturated carbocycles. The summed E-state index contributed by atoms with van der Waals surface area (Å²) < 4.78 is 0. The summed E-state index contributed by atoms with van der Waals surface area (Å²) in [5.41, 5.74) is 0. The topological polar surface area (TPSA) is 41.1 Å². The molecule has 3 aliphatic rings. The number of amides is 1. The Morgan fingerprint density at radius 1 is 1.29 bits per heavy atom. The fourth-order valence-corrected chi connectivity index (χ4v) is 2.87. The summed E-state index contributed by atoms with van der Waals surface area (Å²) >= 11 is 0. The van der Waals surface area contributed by atoms with Crippen LogP contribution < -0.4 is 10.6 Å². The largest absolute Gasteiger partial charge is 0.356 e. The van der Waals surface area contributed by atoms with E-state index in [1.54, 1.807) is 0 Å². The number of rotatable bonds is 3. The van der Waals surface area contributed by atoms with Gasteiger partial charge >= 0.3 is 0 Å². The van der Waals surface area contributed by atoms with Crippen molar-refractivity contribution >= 4 is 5.91 Å². The van der Waals surface area contributed by atoms with E-state index in [1.807, 2.05) is 0 Å². The number of piperidine rings is 1. The van der Waals surface area contributed by atoms with Crippen molar-refractivity contribution in [2.45, 2.75) is 19.3 Å². The van der Waals surface area contributed by atoms with Gasteiger partial charge in [0.1, 0.15) is 0 Å². The van der Waals surface area contributed by atoms with Crippen LogP contribution in [0.3, 0.4) is 0 Å². The quantitative estimate of drug-likeness (QED) is 0.681. The summed E-state index contributed by atoms with van der Waals surface area (Å²) in [6.45, 7) is 3.06. The minimum absolute atomic E-state index is 0.327. The van der Waals surface area contributed by atoms with Crippen LogP contribution in [0, 0.1) is 23.7 Å². The van der Waals surface area contributed by atoms with Crippen molar-refractivity contribution < 1.29 is 4.79 Å². The fraction of sp³-hybridized carbons (Fsp3) is 0.909. The Kier molecular flexibility index (Phi) is 2.01. The molecular weight excluding hydrogens is 176 g/mol. The van der Waals surface area contributed by atoms with Gasteiger partial charge in [0.25, 0.3) is 0 Å². The van der Waals surface area contributed by atoms with E-state index in [2.05, 4.69) is 10.6 Å². The van der Waals surface area contributed by atoms with Gasteiger partial charge in [-0.1, -0.05) is 6.42 Å². The van der Waals surface area contributed by atoms with Gasteiger partial charge in [0.05, 0.1) is 0 Å². The van der Waals surface area contributed by atoms with Crippen LogP contribution in [0.2, 0.25) is 0 Å². The third-order valence-corrected chi connectivity index (χ3v) is 4.18. The van der Waals surface area contributed by atoms with Crippen LogP contribution in [0.15, 0.2) is 0 Å². The molecule has 0 radical (unpaired) electrons. The van der Waals surface area contributed by atoms with Crippen molar-refractivity contribution in [1.82, 2.24) is 10.6 Å². The summed E-state index contributed by atoms with van der Waals surface area (Å²) in [5.74, 6) is 2.80. The Morgan fingerprint density at radius 2 is 2.00 bits per heavy atom. The monoisotopic (exact) mass is 194 g/mol. The lowest BCUT2D eigenvalue weighted by Gasteiger charge is -2.25. The molecule has 3 nitrogen and oxygen atoms in total. The lowest BCUT2D eigenvalue weighted by molar-refractivity contribution is -0.123. The molecule has 14 heavy (non-hydrogen) atoms. The third kappa shape index (κ3) is 1.34. The molecule has 78 valence electrons. The van der Waals surface area contributed by atoms with Gasteiger partial charge in [-0.15, -0.1) is 0 Å². The Hall–Kier alpha value is -0.570. The van der Waals surface area contributed by atoms with Crippen molar-refractivity contribution in [3.63, 3.8) is 0 Å². The smallest absolute Gasteiger partial charge is 0.223 e. The van der Waals surface area contributed by atoms with Gasteiger partial charge in [-0.3, -0.25) is 4.79 Å². The molecule has 3 rings (SSSR count). The fourth-order valence-electron chi connectivity index (χ4n) is 2.87. The molecule has 3 heteroatoms. The molecule has 1 saturated heterocycles. The molecular formula is C11H18N2O. The minimum atomic E-state index is 0.327. The first-order valence-corrected chi connectivity index (χ1v) is 5.84. The minimum Gasteiger partial charge on any atom is -0.356 e. The van der Waals surface area contributed by atoms with Crippen LogP contribution in [0.25, 0.3) is 0 Å². The lowest BCUT2D eigenvalue weighted by Crippen LogP contribution is -2.35. The summed E-state index contributed by atoms with van der Waals surface area (Å²) in [5, 5.41) is 6.42. The Labute approximate surface area is 84.6 Å². The maximum Gasteiger partial charge on any atom is 0.223 e. The highest BCUT2D eigenvalue weighted by Crippen LogP contribution is 2.48. The predicted octanol–water partition coefficient (Wildman–Crippen LogP) is 0.368. The normalized spacial score (nSPS) is 40.1. The van der Waals surface area contributed by atoms with Crippen LogP contribution in [0.4, 0.5) is 0 Å². The maximum atomic E-state index is 11.7. The average molecular weight is 194 g/mol. The summed E-state index contributed by atoms with van der Waals surface area (Å²) in [4.78, 5) is 11.7. The highest BCUT2D eigenvalue weighted by Gasteiger charge is 2.56. The molecule has 2 aliphatic carbocycles. The van der Waals surface area contributed by atoms with Crippen LogP contribution in [-0.2, 0) is 4.79 Å². The average Bonchev–Trinajstić information content (AvgIpc) is 2.58. The van der Waals surface area contributed by atoms with Crippen LogP contribution in [-0.4, -0.2) is 25.5 Å². The number of fused-ring (bicyclic) bond motifs is 1. The SMILES string of the molecule is O=C(NCC1CCC1)C1[C@H]2CNC[C@@H]12. The predicted molar refractivity (Wildman–Crippen MR) is 53.7 cm³/mol. The third-order valence-electron chi connectivity index (χ3n) is 4.18. The van der Waals surface area contributed by atoms with E-state index in [0.717, 1.165) is 25.6 Å². The van der Waals surface area contributed by atoms with Gasteiger partial charge < -0.3 is 10.6 Å². The summed E-state index contributed by atoms with van der Waals surface area (Å²) in [6.07, 6.45) is 4.00. The number of hydrogen-bond donors (Lipinski definition) is 2. The molecule has 1 heterocycles. The second kappa shape index (κ2) is 3.23. The van der Waals surface area contributed by atoms with Crippen molar-refractivity contribution in [1.29, 1.82) is 0 Å². The molecule has 0 aromatic rings. The Bertz CT molecular complexity index is 240. The zero-order valence-electron chi connectivity index (χ0n) is 8.46. The summed E-state index contributed by atoms with van der Waals surface area (Å²) in [7, 11) is 0. The number of nitrogens with one attached hydrogen (secondary N) is 2. The van der Waals surface area contributed by atoms with Crippen molar-refractivity contribution in [2.24, 2.45) is 23.7 Å². The Morgan fingerprint density at radius 3 is 2.57 bits per heavy atom. The Balaban J connectivity index is 1.43. The number of carbonyl (C=O) groups is 1. The van der Waals surface area contributed by atoms with E-state index >= 15 is 0 Å². The van der Waals surface area contributed by atoms with Crippen molar-refractivity contribution in [3.05, 3.63) is 0 Å². The maximum absolute atomic E-state index is 11.7. The first kappa shape index (κ1) is 8.72. The number of carbonyl (C=O) groups excluding carboxylic acids is 1. The highest BCUT2D eigenvalue weighted by molar-refractivity contribution is 5.82. The van der Waals surface area contributed by atoms with E-state index in [0.29, 0.717) is 23.7 Å². The molecule has 3 fully saturated rings. The zero-order valence-corrected chi connectivity index (χ0v) is 8.46.